The molecule has 0 unspecified atom stereocenters. The highest BCUT2D eigenvalue weighted by Crippen LogP contribution is 2.20. The Bertz CT molecular complexity index is 788. The fourth-order valence-corrected chi connectivity index (χ4v) is 4.38. The van der Waals surface area contributed by atoms with Gasteiger partial charge in [-0.1, -0.05) is 6.07 Å². The van der Waals surface area contributed by atoms with Gasteiger partial charge in [-0.05, 0) is 44.0 Å². The maximum atomic E-state index is 12.9. The first-order valence-corrected chi connectivity index (χ1v) is 10.8. The van der Waals surface area contributed by atoms with Gasteiger partial charge >= 0.3 is 0 Å². The second-order valence-corrected chi connectivity index (χ2v) is 9.13. The number of hydrogen-bond acceptors (Lipinski definition) is 5. The molecular formula is C19H28N4O3S. The van der Waals surface area contributed by atoms with Crippen molar-refractivity contribution < 1.29 is 13.2 Å². The Hall–Kier alpha value is -1.95. The molecule has 0 spiro atoms. The molecule has 0 N–H and O–H groups in total. The molecule has 1 saturated heterocycles. The van der Waals surface area contributed by atoms with E-state index in [0.29, 0.717) is 32.7 Å². The van der Waals surface area contributed by atoms with Crippen LogP contribution in [0.1, 0.15) is 24.5 Å². The zero-order valence-corrected chi connectivity index (χ0v) is 17.1. The Morgan fingerprint density at radius 1 is 1.15 bits per heavy atom. The first-order valence-electron chi connectivity index (χ1n) is 9.22. The molecule has 0 aliphatic carbocycles. The molecule has 0 aromatic heterocycles. The summed E-state index contributed by atoms with van der Waals surface area (Å²) in [6.07, 6.45) is 0.265. The molecule has 1 aliphatic heterocycles. The predicted molar refractivity (Wildman–Crippen MR) is 106 cm³/mol. The van der Waals surface area contributed by atoms with Crippen molar-refractivity contribution in [3.8, 4) is 6.07 Å². The van der Waals surface area contributed by atoms with Gasteiger partial charge in [0.25, 0.3) is 0 Å². The van der Waals surface area contributed by atoms with Crippen molar-refractivity contribution in [3.63, 3.8) is 0 Å². The van der Waals surface area contributed by atoms with Crippen LogP contribution in [0, 0.1) is 25.2 Å². The Kier molecular flexibility index (Phi) is 7.36. The topological polar surface area (TPSA) is 84.7 Å². The average Bonchev–Trinajstić information content (AvgIpc) is 2.61. The number of nitriles is 1. The van der Waals surface area contributed by atoms with Crippen molar-refractivity contribution in [2.75, 3.05) is 49.9 Å². The lowest BCUT2D eigenvalue weighted by Gasteiger charge is -2.34. The molecule has 148 valence electrons. The average molecular weight is 393 g/mol. The zero-order valence-electron chi connectivity index (χ0n) is 16.3. The fraction of sp³-hybridized carbons (Fsp3) is 0.579. The number of rotatable bonds is 7. The molecule has 1 amide bonds. The van der Waals surface area contributed by atoms with E-state index in [1.165, 1.54) is 4.31 Å². The van der Waals surface area contributed by atoms with Gasteiger partial charge in [-0.15, -0.1) is 0 Å². The lowest BCUT2D eigenvalue weighted by molar-refractivity contribution is -0.120. The number of carbonyl (C=O) groups is 1. The number of anilines is 1. The molecule has 8 heteroatoms. The molecule has 1 aliphatic rings. The van der Waals surface area contributed by atoms with E-state index in [0.717, 1.165) is 16.8 Å². The number of piperazine rings is 1. The summed E-state index contributed by atoms with van der Waals surface area (Å²) in [6.45, 7) is 8.06. The van der Waals surface area contributed by atoms with Crippen LogP contribution in [0.2, 0.25) is 0 Å². The minimum atomic E-state index is -3.18. The van der Waals surface area contributed by atoms with E-state index in [1.54, 1.807) is 11.8 Å². The number of carbonyl (C=O) groups excluding carboxylic acids is 1. The van der Waals surface area contributed by atoms with Crippen LogP contribution < -0.4 is 4.90 Å². The summed E-state index contributed by atoms with van der Waals surface area (Å²) in [6, 6.07) is 8.05. The largest absolute Gasteiger partial charge is 0.310 e. The first kappa shape index (κ1) is 21.4. The Morgan fingerprint density at radius 3 is 2.26 bits per heavy atom. The van der Waals surface area contributed by atoms with Crippen molar-refractivity contribution in [2.45, 2.75) is 27.2 Å². The zero-order chi connectivity index (χ0) is 20.0. The van der Waals surface area contributed by atoms with E-state index < -0.39 is 10.0 Å². The summed E-state index contributed by atoms with van der Waals surface area (Å²) in [4.78, 5) is 16.6. The minimum Gasteiger partial charge on any atom is -0.310 e. The highest BCUT2D eigenvalue weighted by molar-refractivity contribution is 7.89. The van der Waals surface area contributed by atoms with Crippen molar-refractivity contribution in [2.24, 2.45) is 0 Å². The Labute approximate surface area is 162 Å². The standard InChI is InChI=1S/C19H28N4O3S/c1-4-27(25,26)22-10-8-21(9-11-22)15-19(24)23(7-5-6-20)18-13-16(2)12-17(3)14-18/h12-14H,4-5,7-11,15H2,1-3H3. The van der Waals surface area contributed by atoms with E-state index >= 15 is 0 Å². The molecule has 1 aromatic carbocycles. The van der Waals surface area contributed by atoms with Crippen molar-refractivity contribution in [1.29, 1.82) is 5.26 Å². The molecule has 0 saturated carbocycles. The molecule has 0 atom stereocenters. The number of amides is 1. The predicted octanol–water partition coefficient (Wildman–Crippen LogP) is 1.52. The number of benzene rings is 1. The van der Waals surface area contributed by atoms with Crippen LogP contribution in [-0.2, 0) is 14.8 Å². The highest BCUT2D eigenvalue weighted by Gasteiger charge is 2.27. The van der Waals surface area contributed by atoms with Crippen LogP contribution in [0.5, 0.6) is 0 Å². The molecule has 7 nitrogen and oxygen atoms in total. The van der Waals surface area contributed by atoms with Gasteiger partial charge in [-0.25, -0.2) is 8.42 Å². The third kappa shape index (κ3) is 5.76. The third-order valence-corrected chi connectivity index (χ3v) is 6.60. The fourth-order valence-electron chi connectivity index (χ4n) is 3.29. The summed E-state index contributed by atoms with van der Waals surface area (Å²) in [5.41, 5.74) is 2.94. The minimum absolute atomic E-state index is 0.0675. The first-order chi connectivity index (χ1) is 12.8. The number of sulfonamides is 1. The summed E-state index contributed by atoms with van der Waals surface area (Å²) >= 11 is 0. The number of hydrogen-bond donors (Lipinski definition) is 0. The van der Waals surface area contributed by atoms with Gasteiger partial charge in [0.05, 0.1) is 24.8 Å². The Morgan fingerprint density at radius 2 is 1.74 bits per heavy atom. The SMILES string of the molecule is CCS(=O)(=O)N1CCN(CC(=O)N(CCC#N)c2cc(C)cc(C)c2)CC1. The van der Waals surface area contributed by atoms with Crippen LogP contribution in [0.4, 0.5) is 5.69 Å². The molecule has 1 fully saturated rings. The van der Waals surface area contributed by atoms with Crippen LogP contribution in [0.25, 0.3) is 0 Å². The smallest absolute Gasteiger partial charge is 0.241 e. The van der Waals surface area contributed by atoms with Gasteiger partial charge in [0.1, 0.15) is 0 Å². The maximum absolute atomic E-state index is 12.9. The molecule has 0 radical (unpaired) electrons. The summed E-state index contributed by atoms with van der Waals surface area (Å²) in [5.74, 6) is 0.0302. The van der Waals surface area contributed by atoms with Crippen LogP contribution in [-0.4, -0.2) is 68.6 Å². The second kappa shape index (κ2) is 9.31. The summed E-state index contributed by atoms with van der Waals surface area (Å²) in [7, 11) is -3.18. The van der Waals surface area contributed by atoms with Gasteiger partial charge in [0.15, 0.2) is 0 Å². The maximum Gasteiger partial charge on any atom is 0.241 e. The lowest BCUT2D eigenvalue weighted by Crippen LogP contribution is -2.52. The van der Waals surface area contributed by atoms with Gasteiger partial charge in [0, 0.05) is 38.4 Å². The van der Waals surface area contributed by atoms with Crippen molar-refractivity contribution >= 4 is 21.6 Å². The van der Waals surface area contributed by atoms with Gasteiger partial charge < -0.3 is 4.90 Å². The molecule has 1 aromatic rings. The van der Waals surface area contributed by atoms with Crippen molar-refractivity contribution in [3.05, 3.63) is 29.3 Å². The van der Waals surface area contributed by atoms with E-state index in [-0.39, 0.29) is 24.6 Å². The monoisotopic (exact) mass is 392 g/mol. The summed E-state index contributed by atoms with van der Waals surface area (Å²) < 4.78 is 25.4. The van der Waals surface area contributed by atoms with Crippen LogP contribution >= 0.6 is 0 Å². The summed E-state index contributed by atoms with van der Waals surface area (Å²) in [5, 5.41) is 8.94. The van der Waals surface area contributed by atoms with E-state index in [1.807, 2.05) is 36.9 Å². The van der Waals surface area contributed by atoms with Gasteiger partial charge in [0.2, 0.25) is 15.9 Å². The molecule has 0 bridgehead atoms. The Balaban J connectivity index is 2.05. The highest BCUT2D eigenvalue weighted by atomic mass is 32.2. The molecule has 1 heterocycles. The van der Waals surface area contributed by atoms with E-state index in [9.17, 15) is 13.2 Å². The molecule has 2 rings (SSSR count). The van der Waals surface area contributed by atoms with Gasteiger partial charge in [-0.2, -0.15) is 9.57 Å². The molecule has 27 heavy (non-hydrogen) atoms. The van der Waals surface area contributed by atoms with E-state index in [2.05, 4.69) is 6.07 Å². The number of nitrogens with zero attached hydrogens (tertiary/aromatic N) is 4. The third-order valence-electron chi connectivity index (χ3n) is 4.71. The molecular weight excluding hydrogens is 364 g/mol. The van der Waals surface area contributed by atoms with Gasteiger partial charge in [-0.3, -0.25) is 9.69 Å². The normalized spacial score (nSPS) is 16.1. The number of aryl methyl sites for hydroxylation is 2. The van der Waals surface area contributed by atoms with E-state index in [4.69, 9.17) is 5.26 Å². The second-order valence-electron chi connectivity index (χ2n) is 6.88. The lowest BCUT2D eigenvalue weighted by atomic mass is 10.1. The van der Waals surface area contributed by atoms with Crippen LogP contribution in [0.3, 0.4) is 0 Å². The van der Waals surface area contributed by atoms with Crippen molar-refractivity contribution in [1.82, 2.24) is 9.21 Å². The quantitative estimate of drug-likeness (QED) is 0.702. The van der Waals surface area contributed by atoms with Crippen LogP contribution in [0.15, 0.2) is 18.2 Å².